The molecule has 6 nitrogen and oxygen atoms in total. The summed E-state index contributed by atoms with van der Waals surface area (Å²) in [6, 6.07) is 5.69. The van der Waals surface area contributed by atoms with Gasteiger partial charge in [-0.1, -0.05) is 6.07 Å². The molecule has 132 valence electrons. The van der Waals surface area contributed by atoms with Crippen LogP contribution in [0.15, 0.2) is 24.3 Å². The van der Waals surface area contributed by atoms with Crippen molar-refractivity contribution in [3.8, 4) is 5.75 Å². The number of benzene rings is 1. The predicted octanol–water partition coefficient (Wildman–Crippen LogP) is 1.90. The number of halogens is 1. The first-order valence-electron chi connectivity index (χ1n) is 8.17. The number of likely N-dealkylation sites (tertiary alicyclic amines) is 1. The van der Waals surface area contributed by atoms with Crippen LogP contribution in [0.3, 0.4) is 0 Å². The smallest absolute Gasteiger partial charge is 0.315 e. The summed E-state index contributed by atoms with van der Waals surface area (Å²) in [4.78, 5) is 25.5. The van der Waals surface area contributed by atoms with Gasteiger partial charge in [0.2, 0.25) is 0 Å². The van der Waals surface area contributed by atoms with Crippen molar-refractivity contribution in [3.63, 3.8) is 0 Å². The maximum absolute atomic E-state index is 13.1. The molecule has 0 aromatic heterocycles. The molecule has 7 heteroatoms. The topological polar surface area (TPSA) is 70.7 Å². The van der Waals surface area contributed by atoms with E-state index in [2.05, 4.69) is 10.6 Å². The zero-order valence-electron chi connectivity index (χ0n) is 14.0. The lowest BCUT2D eigenvalue weighted by atomic mass is 10.1. The van der Waals surface area contributed by atoms with E-state index in [1.165, 1.54) is 18.2 Å². The van der Waals surface area contributed by atoms with Crippen LogP contribution >= 0.6 is 0 Å². The minimum atomic E-state index is -0.397. The van der Waals surface area contributed by atoms with E-state index in [0.29, 0.717) is 31.7 Å². The maximum Gasteiger partial charge on any atom is 0.315 e. The van der Waals surface area contributed by atoms with Gasteiger partial charge in [-0.25, -0.2) is 9.18 Å². The maximum atomic E-state index is 13.1. The van der Waals surface area contributed by atoms with Gasteiger partial charge in [-0.05, 0) is 38.8 Å². The van der Waals surface area contributed by atoms with Crippen LogP contribution in [0.25, 0.3) is 0 Å². The molecule has 1 aliphatic rings. The highest BCUT2D eigenvalue weighted by molar-refractivity contribution is 5.78. The first-order valence-corrected chi connectivity index (χ1v) is 8.17. The number of hydrogen-bond acceptors (Lipinski definition) is 3. The molecule has 1 aliphatic heterocycles. The second-order valence-corrected chi connectivity index (χ2v) is 6.17. The van der Waals surface area contributed by atoms with Gasteiger partial charge in [0.05, 0.1) is 0 Å². The van der Waals surface area contributed by atoms with Crippen LogP contribution in [-0.2, 0) is 4.79 Å². The molecule has 0 saturated carbocycles. The van der Waals surface area contributed by atoms with Gasteiger partial charge in [-0.3, -0.25) is 4.79 Å². The fourth-order valence-electron chi connectivity index (χ4n) is 2.56. The number of rotatable bonds is 5. The molecule has 24 heavy (non-hydrogen) atoms. The second-order valence-electron chi connectivity index (χ2n) is 6.17. The van der Waals surface area contributed by atoms with E-state index in [1.807, 2.05) is 13.8 Å². The van der Waals surface area contributed by atoms with Gasteiger partial charge in [0.1, 0.15) is 11.6 Å². The SMILES string of the molecule is CC(C)NC(=O)NC1CCN(C(=O)COc2cccc(F)c2)CC1. The zero-order chi connectivity index (χ0) is 17.5. The molecule has 1 aromatic carbocycles. The summed E-state index contributed by atoms with van der Waals surface area (Å²) in [6.07, 6.45) is 1.41. The minimum absolute atomic E-state index is 0.0666. The zero-order valence-corrected chi connectivity index (χ0v) is 14.0. The number of carbonyl (C=O) groups is 2. The molecule has 0 aliphatic carbocycles. The van der Waals surface area contributed by atoms with Crippen LogP contribution in [0.1, 0.15) is 26.7 Å². The average Bonchev–Trinajstić information content (AvgIpc) is 2.52. The standard InChI is InChI=1S/C17H24FN3O3/c1-12(2)19-17(23)20-14-6-8-21(9-7-14)16(22)11-24-15-5-3-4-13(18)10-15/h3-5,10,12,14H,6-9,11H2,1-2H3,(H2,19,20,23). The lowest BCUT2D eigenvalue weighted by molar-refractivity contribution is -0.134. The fraction of sp³-hybridized carbons (Fsp3) is 0.529. The van der Waals surface area contributed by atoms with E-state index in [4.69, 9.17) is 4.74 Å². The van der Waals surface area contributed by atoms with Crippen LogP contribution in [0, 0.1) is 5.82 Å². The van der Waals surface area contributed by atoms with E-state index < -0.39 is 5.82 Å². The Balaban J connectivity index is 1.71. The van der Waals surface area contributed by atoms with Crippen molar-refractivity contribution in [2.75, 3.05) is 19.7 Å². The number of nitrogens with one attached hydrogen (secondary N) is 2. The molecule has 0 bridgehead atoms. The number of carbonyl (C=O) groups excluding carboxylic acids is 2. The summed E-state index contributed by atoms with van der Waals surface area (Å²) in [5.74, 6) is -0.193. The molecule has 1 heterocycles. The van der Waals surface area contributed by atoms with Crippen LogP contribution in [0.5, 0.6) is 5.75 Å². The Kier molecular flexibility index (Phi) is 6.40. The third-order valence-electron chi connectivity index (χ3n) is 3.76. The lowest BCUT2D eigenvalue weighted by Gasteiger charge is -2.32. The van der Waals surface area contributed by atoms with Gasteiger partial charge < -0.3 is 20.3 Å². The molecule has 1 aromatic rings. The summed E-state index contributed by atoms with van der Waals surface area (Å²) in [5, 5.41) is 5.70. The van der Waals surface area contributed by atoms with Crippen molar-refractivity contribution in [2.24, 2.45) is 0 Å². The Labute approximate surface area is 141 Å². The molecule has 1 saturated heterocycles. The van der Waals surface area contributed by atoms with E-state index in [-0.39, 0.29) is 30.6 Å². The van der Waals surface area contributed by atoms with Crippen molar-refractivity contribution in [1.29, 1.82) is 0 Å². The molecule has 1 fully saturated rings. The van der Waals surface area contributed by atoms with Crippen LogP contribution in [-0.4, -0.2) is 48.6 Å². The van der Waals surface area contributed by atoms with Crippen molar-refractivity contribution >= 4 is 11.9 Å². The van der Waals surface area contributed by atoms with E-state index in [9.17, 15) is 14.0 Å². The van der Waals surface area contributed by atoms with E-state index >= 15 is 0 Å². The molecule has 0 atom stereocenters. The summed E-state index contributed by atoms with van der Waals surface area (Å²) in [7, 11) is 0. The molecule has 2 rings (SSSR count). The molecule has 0 spiro atoms. The molecule has 0 unspecified atom stereocenters. The van der Waals surface area contributed by atoms with Crippen molar-refractivity contribution < 1.29 is 18.7 Å². The van der Waals surface area contributed by atoms with Gasteiger partial charge in [0, 0.05) is 31.2 Å². The quantitative estimate of drug-likeness (QED) is 0.862. The number of ether oxygens (including phenoxy) is 1. The highest BCUT2D eigenvalue weighted by Gasteiger charge is 2.24. The monoisotopic (exact) mass is 337 g/mol. The van der Waals surface area contributed by atoms with Crippen LogP contribution in [0.4, 0.5) is 9.18 Å². The average molecular weight is 337 g/mol. The Hall–Kier alpha value is -2.31. The highest BCUT2D eigenvalue weighted by atomic mass is 19.1. The Morgan fingerprint density at radius 2 is 2.04 bits per heavy atom. The summed E-state index contributed by atoms with van der Waals surface area (Å²) in [6.45, 7) is 4.82. The Bertz CT molecular complexity index is 572. The molecular formula is C17H24FN3O3. The minimum Gasteiger partial charge on any atom is -0.484 e. The first kappa shape index (κ1) is 18.0. The molecule has 0 radical (unpaired) electrons. The van der Waals surface area contributed by atoms with Gasteiger partial charge >= 0.3 is 6.03 Å². The largest absolute Gasteiger partial charge is 0.484 e. The number of piperidine rings is 1. The Morgan fingerprint density at radius 1 is 1.33 bits per heavy atom. The van der Waals surface area contributed by atoms with Gasteiger partial charge in [-0.15, -0.1) is 0 Å². The predicted molar refractivity (Wildman–Crippen MR) is 88.3 cm³/mol. The number of hydrogen-bond donors (Lipinski definition) is 2. The molecule has 2 N–H and O–H groups in total. The molecular weight excluding hydrogens is 313 g/mol. The third-order valence-corrected chi connectivity index (χ3v) is 3.76. The van der Waals surface area contributed by atoms with Gasteiger partial charge in [0.15, 0.2) is 6.61 Å². The van der Waals surface area contributed by atoms with Gasteiger partial charge in [-0.2, -0.15) is 0 Å². The summed E-state index contributed by atoms with van der Waals surface area (Å²) >= 11 is 0. The Morgan fingerprint density at radius 3 is 2.67 bits per heavy atom. The lowest BCUT2D eigenvalue weighted by Crippen LogP contribution is -2.50. The number of urea groups is 1. The van der Waals surface area contributed by atoms with E-state index in [1.54, 1.807) is 11.0 Å². The molecule has 3 amide bonds. The van der Waals surface area contributed by atoms with Crippen LogP contribution in [0.2, 0.25) is 0 Å². The second kappa shape index (κ2) is 8.52. The summed E-state index contributed by atoms with van der Waals surface area (Å²) < 4.78 is 18.4. The van der Waals surface area contributed by atoms with Crippen molar-refractivity contribution in [3.05, 3.63) is 30.1 Å². The summed E-state index contributed by atoms with van der Waals surface area (Å²) in [5.41, 5.74) is 0. The van der Waals surface area contributed by atoms with Crippen molar-refractivity contribution in [1.82, 2.24) is 15.5 Å². The third kappa shape index (κ3) is 5.72. The highest BCUT2D eigenvalue weighted by Crippen LogP contribution is 2.14. The number of nitrogens with zero attached hydrogens (tertiary/aromatic N) is 1. The normalized spacial score (nSPS) is 15.2. The van der Waals surface area contributed by atoms with Crippen LogP contribution < -0.4 is 15.4 Å². The van der Waals surface area contributed by atoms with Crippen molar-refractivity contribution in [2.45, 2.75) is 38.8 Å². The van der Waals surface area contributed by atoms with Gasteiger partial charge in [0.25, 0.3) is 5.91 Å². The number of amides is 3. The fourth-order valence-corrected chi connectivity index (χ4v) is 2.56. The first-order chi connectivity index (χ1) is 11.4. The van der Waals surface area contributed by atoms with E-state index in [0.717, 1.165) is 0 Å².